The first-order valence-electron chi connectivity index (χ1n) is 7.36. The molecule has 6 nitrogen and oxygen atoms in total. The fraction of sp³-hybridized carbons (Fsp3) is 0.438. The summed E-state index contributed by atoms with van der Waals surface area (Å²) >= 11 is 0. The Morgan fingerprint density at radius 2 is 1.73 bits per heavy atom. The van der Waals surface area contributed by atoms with Crippen molar-refractivity contribution in [2.24, 2.45) is 0 Å². The Bertz CT molecular complexity index is 525. The molecular formula is C16H22N2O4. The third-order valence-corrected chi connectivity index (χ3v) is 3.13. The number of nitrogens with one attached hydrogen (secondary N) is 1. The Balaban J connectivity index is 2.67. The van der Waals surface area contributed by atoms with E-state index in [9.17, 15) is 14.4 Å². The van der Waals surface area contributed by atoms with Crippen molar-refractivity contribution in [2.75, 3.05) is 19.7 Å². The number of nitrogens with zero attached hydrogens (tertiary/aromatic N) is 1. The average molecular weight is 306 g/mol. The quantitative estimate of drug-likeness (QED) is 0.872. The zero-order valence-corrected chi connectivity index (χ0v) is 13.2. The van der Waals surface area contributed by atoms with Crippen LogP contribution in [0.1, 0.15) is 36.7 Å². The van der Waals surface area contributed by atoms with Crippen molar-refractivity contribution < 1.29 is 19.1 Å². The molecule has 0 aliphatic carbocycles. The van der Waals surface area contributed by atoms with Crippen molar-refractivity contribution in [3.63, 3.8) is 0 Å². The fourth-order valence-corrected chi connectivity index (χ4v) is 1.89. The Labute approximate surface area is 130 Å². The van der Waals surface area contributed by atoms with Crippen LogP contribution >= 0.6 is 0 Å². The molecule has 0 heterocycles. The molecule has 0 aliphatic rings. The number of carbonyl (C=O) groups is 3. The molecule has 120 valence electrons. The van der Waals surface area contributed by atoms with Crippen LogP contribution in [0.25, 0.3) is 0 Å². The first-order chi connectivity index (χ1) is 10.5. The van der Waals surface area contributed by atoms with Gasteiger partial charge >= 0.3 is 6.09 Å². The van der Waals surface area contributed by atoms with Gasteiger partial charge in [0.1, 0.15) is 6.54 Å². The van der Waals surface area contributed by atoms with E-state index in [4.69, 9.17) is 0 Å². The van der Waals surface area contributed by atoms with Crippen molar-refractivity contribution in [2.45, 2.75) is 27.2 Å². The lowest BCUT2D eigenvalue weighted by Gasteiger charge is -2.20. The van der Waals surface area contributed by atoms with E-state index in [2.05, 4.69) is 10.1 Å². The Morgan fingerprint density at radius 3 is 2.23 bits per heavy atom. The van der Waals surface area contributed by atoms with Gasteiger partial charge in [-0.25, -0.2) is 4.79 Å². The van der Waals surface area contributed by atoms with Crippen molar-refractivity contribution in [1.82, 2.24) is 10.2 Å². The number of alkyl carbamates (subject to hydrolysis) is 1. The number of rotatable bonds is 6. The second-order valence-corrected chi connectivity index (χ2v) is 4.64. The zero-order chi connectivity index (χ0) is 16.5. The highest BCUT2D eigenvalue weighted by molar-refractivity contribution is 5.99. The zero-order valence-electron chi connectivity index (χ0n) is 13.2. The van der Waals surface area contributed by atoms with Gasteiger partial charge in [0, 0.05) is 12.1 Å². The maximum absolute atomic E-state index is 12.4. The van der Waals surface area contributed by atoms with Gasteiger partial charge in [-0.1, -0.05) is 19.1 Å². The van der Waals surface area contributed by atoms with E-state index in [0.29, 0.717) is 12.1 Å². The molecule has 1 aromatic carbocycles. The molecule has 0 radical (unpaired) electrons. The van der Waals surface area contributed by atoms with Gasteiger partial charge in [-0.15, -0.1) is 0 Å². The summed E-state index contributed by atoms with van der Waals surface area (Å²) in [6, 6.07) is 7.26. The van der Waals surface area contributed by atoms with Crippen LogP contribution in [0.15, 0.2) is 24.3 Å². The molecule has 0 bridgehead atoms. The van der Waals surface area contributed by atoms with Crippen LogP contribution in [0.2, 0.25) is 0 Å². The molecule has 0 atom stereocenters. The molecule has 0 unspecified atom stereocenters. The number of hydrogen-bond acceptors (Lipinski definition) is 4. The first-order valence-corrected chi connectivity index (χ1v) is 7.36. The number of hydrogen-bond donors (Lipinski definition) is 1. The summed E-state index contributed by atoms with van der Waals surface area (Å²) in [6.07, 6.45) is 0.0942. The van der Waals surface area contributed by atoms with Crippen molar-refractivity contribution in [1.29, 1.82) is 0 Å². The third-order valence-electron chi connectivity index (χ3n) is 3.13. The number of likely N-dealkylation sites (N-methyl/N-ethyl adjacent to an activating group) is 1. The Hall–Kier alpha value is -2.37. The van der Waals surface area contributed by atoms with Gasteiger partial charge in [-0.2, -0.15) is 0 Å². The van der Waals surface area contributed by atoms with Crippen LogP contribution in [-0.2, 0) is 16.0 Å². The maximum Gasteiger partial charge on any atom is 0.413 e. The third kappa shape index (κ3) is 5.20. The number of aryl methyl sites for hydroxylation is 1. The summed E-state index contributed by atoms with van der Waals surface area (Å²) in [7, 11) is 0. The van der Waals surface area contributed by atoms with Crippen LogP contribution in [0, 0.1) is 0 Å². The highest BCUT2D eigenvalue weighted by Gasteiger charge is 2.18. The number of benzene rings is 1. The van der Waals surface area contributed by atoms with Gasteiger partial charge in [0.05, 0.1) is 6.61 Å². The smallest absolute Gasteiger partial charge is 0.413 e. The molecule has 22 heavy (non-hydrogen) atoms. The van der Waals surface area contributed by atoms with Crippen LogP contribution in [0.4, 0.5) is 4.79 Å². The number of ether oxygens (including phenoxy) is 1. The van der Waals surface area contributed by atoms with Crippen molar-refractivity contribution >= 4 is 17.9 Å². The second-order valence-electron chi connectivity index (χ2n) is 4.64. The van der Waals surface area contributed by atoms with E-state index < -0.39 is 12.0 Å². The Morgan fingerprint density at radius 1 is 1.09 bits per heavy atom. The van der Waals surface area contributed by atoms with Crippen LogP contribution < -0.4 is 5.32 Å². The van der Waals surface area contributed by atoms with Gasteiger partial charge in [-0.3, -0.25) is 14.9 Å². The van der Waals surface area contributed by atoms with Crippen LogP contribution in [-0.4, -0.2) is 42.5 Å². The minimum Gasteiger partial charge on any atom is -0.450 e. The van der Waals surface area contributed by atoms with E-state index in [-0.39, 0.29) is 19.1 Å². The van der Waals surface area contributed by atoms with E-state index in [1.165, 1.54) is 4.90 Å². The molecular weight excluding hydrogens is 284 g/mol. The molecule has 0 aromatic heterocycles. The van der Waals surface area contributed by atoms with Gasteiger partial charge in [0.15, 0.2) is 0 Å². The summed E-state index contributed by atoms with van der Waals surface area (Å²) in [5, 5.41) is 2.08. The molecule has 0 saturated carbocycles. The lowest BCUT2D eigenvalue weighted by molar-refractivity contribution is -0.121. The van der Waals surface area contributed by atoms with Gasteiger partial charge in [-0.05, 0) is 38.0 Å². The van der Waals surface area contributed by atoms with Gasteiger partial charge in [0.25, 0.3) is 5.91 Å². The molecule has 0 aliphatic heterocycles. The SMILES string of the molecule is CCOC(=O)NC(=O)CN(CC)C(=O)c1ccc(CC)cc1. The minimum atomic E-state index is -0.802. The topological polar surface area (TPSA) is 75.7 Å². The Kier molecular flexibility index (Phi) is 7.08. The van der Waals surface area contributed by atoms with E-state index in [1.807, 2.05) is 19.1 Å². The van der Waals surface area contributed by atoms with Crippen LogP contribution in [0.5, 0.6) is 0 Å². The number of carbonyl (C=O) groups excluding carboxylic acids is 3. The fourth-order valence-electron chi connectivity index (χ4n) is 1.89. The molecule has 0 fully saturated rings. The molecule has 1 rings (SSSR count). The van der Waals surface area contributed by atoms with Crippen molar-refractivity contribution in [3.8, 4) is 0 Å². The van der Waals surface area contributed by atoms with Crippen LogP contribution in [0.3, 0.4) is 0 Å². The largest absolute Gasteiger partial charge is 0.450 e. The van der Waals surface area contributed by atoms with Crippen molar-refractivity contribution in [3.05, 3.63) is 35.4 Å². The standard InChI is InChI=1S/C16H22N2O4/c1-4-12-7-9-13(10-8-12)15(20)18(5-2)11-14(19)17-16(21)22-6-3/h7-10H,4-6,11H2,1-3H3,(H,17,19,21). The first kappa shape index (κ1) is 17.7. The lowest BCUT2D eigenvalue weighted by Crippen LogP contribution is -2.42. The summed E-state index contributed by atoms with van der Waals surface area (Å²) in [5.74, 6) is -0.817. The summed E-state index contributed by atoms with van der Waals surface area (Å²) < 4.78 is 4.62. The second kappa shape index (κ2) is 8.81. The molecule has 0 saturated heterocycles. The van der Waals surface area contributed by atoms with Gasteiger partial charge in [0.2, 0.25) is 5.91 Å². The highest BCUT2D eigenvalue weighted by atomic mass is 16.5. The molecule has 0 spiro atoms. The highest BCUT2D eigenvalue weighted by Crippen LogP contribution is 2.08. The predicted octanol–water partition coefficient (Wildman–Crippen LogP) is 1.98. The number of imide groups is 1. The number of amides is 3. The average Bonchev–Trinajstić information content (AvgIpc) is 2.52. The maximum atomic E-state index is 12.4. The lowest BCUT2D eigenvalue weighted by atomic mass is 10.1. The van der Waals surface area contributed by atoms with Gasteiger partial charge < -0.3 is 9.64 Å². The molecule has 1 aromatic rings. The van der Waals surface area contributed by atoms with E-state index in [1.54, 1.807) is 26.0 Å². The van der Waals surface area contributed by atoms with E-state index >= 15 is 0 Å². The normalized spacial score (nSPS) is 9.95. The summed E-state index contributed by atoms with van der Waals surface area (Å²) in [6.45, 7) is 5.81. The van der Waals surface area contributed by atoms with E-state index in [0.717, 1.165) is 12.0 Å². The molecule has 3 amide bonds. The summed E-state index contributed by atoms with van der Waals surface area (Å²) in [5.41, 5.74) is 1.66. The minimum absolute atomic E-state index is 0.180. The monoisotopic (exact) mass is 306 g/mol. The molecule has 1 N–H and O–H groups in total. The summed E-state index contributed by atoms with van der Waals surface area (Å²) in [4.78, 5) is 36.6. The molecule has 6 heteroatoms. The predicted molar refractivity (Wildman–Crippen MR) is 82.6 cm³/mol.